The van der Waals surface area contributed by atoms with Gasteiger partial charge in [-0.2, -0.15) is 0 Å². The molecule has 4 heterocycles. The molecule has 0 radical (unpaired) electrons. The van der Waals surface area contributed by atoms with Crippen LogP contribution in [-0.2, 0) is 18.4 Å². The van der Waals surface area contributed by atoms with E-state index in [0.717, 1.165) is 72.5 Å². The number of imidazole rings is 1. The van der Waals surface area contributed by atoms with Crippen molar-refractivity contribution in [3.63, 3.8) is 0 Å². The van der Waals surface area contributed by atoms with E-state index in [-0.39, 0.29) is 34.2 Å². The number of amides is 2. The van der Waals surface area contributed by atoms with Gasteiger partial charge in [-0.1, -0.05) is 0 Å². The number of alkyl halides is 1. The number of hydrazine groups is 1. The molecule has 0 spiro atoms. The second kappa shape index (κ2) is 10.4. The van der Waals surface area contributed by atoms with E-state index in [1.165, 1.54) is 12.8 Å². The van der Waals surface area contributed by atoms with E-state index >= 15 is 0 Å². The normalized spacial score (nSPS) is 26.6. The number of nitrogens with two attached hydrogens (primary N) is 1. The van der Waals surface area contributed by atoms with E-state index in [1.54, 1.807) is 18.2 Å². The molecule has 242 valence electrons. The largest absolute Gasteiger partial charge is 0.494 e. The molecule has 12 heteroatoms. The Balaban J connectivity index is 1.16. The van der Waals surface area contributed by atoms with Crippen LogP contribution in [-0.4, -0.2) is 79.1 Å². The fourth-order valence-electron chi connectivity index (χ4n) is 7.77. The Bertz CT molecular complexity index is 1890. The third-order valence-corrected chi connectivity index (χ3v) is 11.1. The molecule has 11 nitrogen and oxygen atoms in total. The van der Waals surface area contributed by atoms with Crippen molar-refractivity contribution in [2.75, 3.05) is 27.2 Å². The van der Waals surface area contributed by atoms with Crippen molar-refractivity contribution < 1.29 is 14.3 Å². The van der Waals surface area contributed by atoms with Gasteiger partial charge in [-0.05, 0) is 81.7 Å². The summed E-state index contributed by atoms with van der Waals surface area (Å²) >= 11 is 6.43. The van der Waals surface area contributed by atoms with Crippen LogP contribution in [0.5, 0.6) is 5.75 Å². The van der Waals surface area contributed by atoms with Gasteiger partial charge >= 0.3 is 0 Å². The minimum absolute atomic E-state index is 0.0552. The van der Waals surface area contributed by atoms with Crippen LogP contribution >= 0.6 is 11.6 Å². The van der Waals surface area contributed by atoms with Gasteiger partial charge in [0.1, 0.15) is 16.9 Å². The van der Waals surface area contributed by atoms with Crippen molar-refractivity contribution in [2.24, 2.45) is 24.1 Å². The van der Waals surface area contributed by atoms with E-state index < -0.39 is 0 Å². The number of hydrogen-bond donors (Lipinski definition) is 2. The third-order valence-electron chi connectivity index (χ3n) is 10.6. The lowest BCUT2D eigenvalue weighted by Gasteiger charge is -2.66. The summed E-state index contributed by atoms with van der Waals surface area (Å²) in [6, 6.07) is 9.60. The van der Waals surface area contributed by atoms with Crippen LogP contribution < -0.4 is 15.8 Å². The average Bonchev–Trinajstić information content (AvgIpc) is 3.68. The molecule has 4 aromatic rings. The smallest absolute Gasteiger partial charge is 0.268 e. The van der Waals surface area contributed by atoms with Gasteiger partial charge in [-0.15, -0.1) is 11.6 Å². The summed E-state index contributed by atoms with van der Waals surface area (Å²) in [7, 11) is 5.52. The van der Waals surface area contributed by atoms with Gasteiger partial charge in [0.05, 0.1) is 42.0 Å². The van der Waals surface area contributed by atoms with Crippen molar-refractivity contribution in [3.8, 4) is 17.3 Å². The van der Waals surface area contributed by atoms with Crippen LogP contribution in [0.4, 0.5) is 0 Å². The van der Waals surface area contributed by atoms with Gasteiger partial charge in [0, 0.05) is 49.1 Å². The highest BCUT2D eigenvalue weighted by atomic mass is 35.5. The Morgan fingerprint density at radius 2 is 1.89 bits per heavy atom. The first-order valence-corrected chi connectivity index (χ1v) is 16.7. The molecule has 2 amide bonds. The number of halogens is 1. The van der Waals surface area contributed by atoms with Gasteiger partial charge in [0.15, 0.2) is 5.82 Å². The first-order valence-electron chi connectivity index (χ1n) is 16.3. The van der Waals surface area contributed by atoms with Gasteiger partial charge in [0.2, 0.25) is 5.91 Å². The molecule has 9 rings (SSSR count). The summed E-state index contributed by atoms with van der Waals surface area (Å²) < 4.78 is 10.1. The molecule has 46 heavy (non-hydrogen) atoms. The second-order valence-electron chi connectivity index (χ2n) is 14.2. The number of hydrogen-bond acceptors (Lipinski definition) is 7. The number of carbonyl (C=O) groups excluding carboxylic acids is 2. The summed E-state index contributed by atoms with van der Waals surface area (Å²) in [5.74, 6) is 1.91. The number of carbonyl (C=O) groups is 2. The summed E-state index contributed by atoms with van der Waals surface area (Å²) in [6.45, 7) is 4.02. The molecule has 2 bridgehead atoms. The van der Waals surface area contributed by atoms with E-state index in [1.807, 2.05) is 42.7 Å². The number of pyridine rings is 1. The van der Waals surface area contributed by atoms with Crippen LogP contribution in [0.25, 0.3) is 33.6 Å². The molecular weight excluding hydrogens is 604 g/mol. The SMILES string of the molecule is COc1cc(C(=O)N2C[C@H](N)CCN2C)cc2nc(-c3cc4ccc([C@@H](C)NC(=O)C56CC(Cl)(C5)C6)nc4n3CC3CC3)n(C)c12. The highest BCUT2D eigenvalue weighted by Crippen LogP contribution is 2.70. The number of nitrogens with zero attached hydrogens (tertiary/aromatic N) is 6. The molecule has 3 aromatic heterocycles. The van der Waals surface area contributed by atoms with Gasteiger partial charge in [0.25, 0.3) is 5.91 Å². The van der Waals surface area contributed by atoms with Crippen LogP contribution in [0, 0.1) is 11.3 Å². The quantitative estimate of drug-likeness (QED) is 0.273. The molecule has 1 aliphatic heterocycles. The van der Waals surface area contributed by atoms with Crippen LogP contribution in [0.2, 0.25) is 0 Å². The van der Waals surface area contributed by atoms with Crippen molar-refractivity contribution in [2.45, 2.75) is 69.0 Å². The lowest BCUT2D eigenvalue weighted by Crippen LogP contribution is -2.69. The summed E-state index contributed by atoms with van der Waals surface area (Å²) in [6.07, 6.45) is 5.52. The molecule has 3 N–H and O–H groups in total. The average molecular weight is 645 g/mol. The van der Waals surface area contributed by atoms with Crippen molar-refractivity contribution >= 4 is 45.5 Å². The number of aryl methyl sites for hydroxylation is 1. The summed E-state index contributed by atoms with van der Waals surface area (Å²) in [4.78, 5) is 36.8. The molecule has 0 unspecified atom stereocenters. The lowest BCUT2D eigenvalue weighted by molar-refractivity contribution is -0.159. The Kier molecular flexibility index (Phi) is 6.73. The second-order valence-corrected chi connectivity index (χ2v) is 15.0. The monoisotopic (exact) mass is 644 g/mol. The Hall–Kier alpha value is -3.67. The number of ether oxygens (including phenoxy) is 1. The predicted octanol–water partition coefficient (Wildman–Crippen LogP) is 4.37. The maximum Gasteiger partial charge on any atom is 0.268 e. The fourth-order valence-corrected chi connectivity index (χ4v) is 8.54. The zero-order valence-corrected chi connectivity index (χ0v) is 27.6. The van der Waals surface area contributed by atoms with Gasteiger partial charge < -0.3 is 24.9 Å². The van der Waals surface area contributed by atoms with Crippen LogP contribution in [0.15, 0.2) is 30.3 Å². The minimum Gasteiger partial charge on any atom is -0.494 e. The number of benzene rings is 1. The van der Waals surface area contributed by atoms with E-state index in [4.69, 9.17) is 32.0 Å². The van der Waals surface area contributed by atoms with Gasteiger partial charge in [-0.3, -0.25) is 14.6 Å². The number of rotatable bonds is 8. The van der Waals surface area contributed by atoms with E-state index in [9.17, 15) is 9.59 Å². The molecular formula is C34H41ClN8O3. The maximum absolute atomic E-state index is 13.7. The molecule has 2 atom stereocenters. The van der Waals surface area contributed by atoms with Gasteiger partial charge in [-0.25, -0.2) is 15.0 Å². The molecule has 4 saturated carbocycles. The number of aromatic nitrogens is 4. The minimum atomic E-state index is -0.290. The Labute approximate surface area is 273 Å². The predicted molar refractivity (Wildman–Crippen MR) is 176 cm³/mol. The molecule has 1 aromatic carbocycles. The summed E-state index contributed by atoms with van der Waals surface area (Å²) in [5, 5.41) is 7.87. The fraction of sp³-hybridized carbons (Fsp3) is 0.529. The van der Waals surface area contributed by atoms with Crippen LogP contribution in [0.3, 0.4) is 0 Å². The topological polar surface area (TPSA) is 124 Å². The Morgan fingerprint density at radius 1 is 1.13 bits per heavy atom. The van der Waals surface area contributed by atoms with Crippen molar-refractivity contribution in [3.05, 3.63) is 41.6 Å². The van der Waals surface area contributed by atoms with Crippen LogP contribution in [0.1, 0.15) is 67.5 Å². The number of fused-ring (bicyclic) bond motifs is 2. The standard InChI is InChI=1S/C34H41ClN8O3/c1-19(37-32(45)33-16-34(35,17-33)18-33)24-8-7-21-12-26(42(29(21)38-24)14-20-5-6-20)30-39-25-11-22(13-27(46-4)28(25)41(30)3)31(44)43-15-23(36)9-10-40(43)2/h7-8,11-13,19-20,23H,5-6,9-10,14-18,36H2,1-4H3,(H,37,45)/t19-,23-,33?,34?/m1/s1. The lowest BCUT2D eigenvalue weighted by atomic mass is 9.43. The highest BCUT2D eigenvalue weighted by molar-refractivity contribution is 6.27. The first kappa shape index (κ1) is 29.7. The third kappa shape index (κ3) is 4.69. The molecule has 5 aliphatic rings. The Morgan fingerprint density at radius 3 is 2.59 bits per heavy atom. The zero-order chi connectivity index (χ0) is 32.1. The molecule has 1 saturated heterocycles. The van der Waals surface area contributed by atoms with Crippen molar-refractivity contribution in [1.29, 1.82) is 0 Å². The van der Waals surface area contributed by atoms with Crippen molar-refractivity contribution in [1.82, 2.24) is 34.4 Å². The van der Waals surface area contributed by atoms with E-state index in [2.05, 4.69) is 22.0 Å². The first-order chi connectivity index (χ1) is 22.0. The summed E-state index contributed by atoms with van der Waals surface area (Å²) in [5.41, 5.74) is 10.6. The highest BCUT2D eigenvalue weighted by Gasteiger charge is 2.71. The molecule has 4 aliphatic carbocycles. The number of methoxy groups -OCH3 is 1. The maximum atomic E-state index is 13.7. The number of nitrogens with one attached hydrogen (secondary N) is 1. The zero-order valence-electron chi connectivity index (χ0n) is 26.8. The van der Waals surface area contributed by atoms with E-state index in [0.29, 0.717) is 29.3 Å². The molecule has 5 fully saturated rings.